The van der Waals surface area contributed by atoms with E-state index < -0.39 is 6.04 Å². The van der Waals surface area contributed by atoms with Gasteiger partial charge in [-0.2, -0.15) is 0 Å². The van der Waals surface area contributed by atoms with E-state index >= 15 is 0 Å². The number of hydrogen-bond acceptors (Lipinski definition) is 5. The van der Waals surface area contributed by atoms with Crippen LogP contribution in [0.5, 0.6) is 0 Å². The molecule has 3 heterocycles. The minimum atomic E-state index is -0.392. The van der Waals surface area contributed by atoms with Gasteiger partial charge in [0.1, 0.15) is 6.26 Å². The van der Waals surface area contributed by atoms with Crippen molar-refractivity contribution in [3.8, 4) is 0 Å². The molecule has 5 rings (SSSR count). The maximum Gasteiger partial charge on any atom is 0.251 e. The predicted molar refractivity (Wildman–Crippen MR) is 115 cm³/mol. The quantitative estimate of drug-likeness (QED) is 0.794. The van der Waals surface area contributed by atoms with Crippen molar-refractivity contribution in [3.63, 3.8) is 0 Å². The molecule has 162 valence electrons. The Morgan fingerprint density at radius 2 is 2.10 bits per heavy atom. The number of aromatic nitrogens is 1. The third-order valence-electron chi connectivity index (χ3n) is 6.80. The number of carbonyl (C=O) groups excluding carboxylic acids is 2. The number of amides is 2. The van der Waals surface area contributed by atoms with Gasteiger partial charge in [0.15, 0.2) is 5.89 Å². The first-order valence-corrected chi connectivity index (χ1v) is 11.2. The molecule has 7 heteroatoms. The minimum absolute atomic E-state index is 0.0404. The Morgan fingerprint density at radius 3 is 2.90 bits per heavy atom. The van der Waals surface area contributed by atoms with Gasteiger partial charge in [-0.15, -0.1) is 0 Å². The van der Waals surface area contributed by atoms with Crippen LogP contribution in [0, 0.1) is 6.92 Å². The first-order chi connectivity index (χ1) is 15.1. The minimum Gasteiger partial charge on any atom is -0.449 e. The zero-order valence-corrected chi connectivity index (χ0v) is 17.8. The van der Waals surface area contributed by atoms with Crippen molar-refractivity contribution in [2.45, 2.75) is 63.6 Å². The highest BCUT2D eigenvalue weighted by Gasteiger charge is 2.46. The molecule has 2 amide bonds. The van der Waals surface area contributed by atoms with E-state index in [-0.39, 0.29) is 23.9 Å². The van der Waals surface area contributed by atoms with Crippen LogP contribution in [0.4, 0.5) is 0 Å². The van der Waals surface area contributed by atoms with E-state index in [0.717, 1.165) is 42.5 Å². The van der Waals surface area contributed by atoms with Gasteiger partial charge in [0.05, 0.1) is 30.4 Å². The van der Waals surface area contributed by atoms with Gasteiger partial charge in [0.2, 0.25) is 5.91 Å². The van der Waals surface area contributed by atoms with Crippen molar-refractivity contribution >= 4 is 11.8 Å². The number of aryl methyl sites for hydroxylation is 2. The van der Waals surface area contributed by atoms with Gasteiger partial charge in [0, 0.05) is 24.6 Å². The number of hydrogen-bond donors (Lipinski definition) is 2. The number of nitrogens with zero attached hydrogens (tertiary/aromatic N) is 2. The molecule has 7 nitrogen and oxygen atoms in total. The Balaban J connectivity index is 1.59. The highest BCUT2D eigenvalue weighted by molar-refractivity contribution is 5.99. The summed E-state index contributed by atoms with van der Waals surface area (Å²) in [5, 5.41) is 6.63. The molecule has 0 saturated heterocycles. The highest BCUT2D eigenvalue weighted by atomic mass is 16.3. The van der Waals surface area contributed by atoms with Crippen molar-refractivity contribution in [1.82, 2.24) is 20.5 Å². The molecule has 2 aliphatic heterocycles. The molecule has 0 radical (unpaired) electrons. The van der Waals surface area contributed by atoms with Gasteiger partial charge in [-0.3, -0.25) is 9.59 Å². The van der Waals surface area contributed by atoms with E-state index in [0.29, 0.717) is 30.9 Å². The van der Waals surface area contributed by atoms with E-state index in [1.165, 1.54) is 6.26 Å². The third kappa shape index (κ3) is 3.62. The summed E-state index contributed by atoms with van der Waals surface area (Å²) in [4.78, 5) is 32.9. The van der Waals surface area contributed by atoms with Crippen LogP contribution in [0.2, 0.25) is 0 Å². The number of benzene rings is 1. The van der Waals surface area contributed by atoms with Crippen LogP contribution in [0.15, 0.2) is 52.4 Å². The van der Waals surface area contributed by atoms with Crippen LogP contribution in [0.1, 0.15) is 55.2 Å². The summed E-state index contributed by atoms with van der Waals surface area (Å²) in [6, 6.07) is 7.90. The van der Waals surface area contributed by atoms with Crippen molar-refractivity contribution in [2.75, 3.05) is 6.54 Å². The normalized spacial score (nSPS) is 25.4. The maximum atomic E-state index is 13.8. The zero-order chi connectivity index (χ0) is 21.4. The fourth-order valence-corrected chi connectivity index (χ4v) is 5.33. The number of rotatable bonds is 4. The lowest BCUT2D eigenvalue weighted by Gasteiger charge is -2.43. The predicted octanol–water partition coefficient (Wildman–Crippen LogP) is 2.78. The fraction of sp³-hybridized carbons (Fsp3) is 0.458. The maximum absolute atomic E-state index is 13.8. The summed E-state index contributed by atoms with van der Waals surface area (Å²) in [6.07, 6.45) is 8.04. The first-order valence-electron chi connectivity index (χ1n) is 11.2. The first kappa shape index (κ1) is 19.8. The molecule has 0 spiro atoms. The van der Waals surface area contributed by atoms with E-state index in [9.17, 15) is 9.59 Å². The van der Waals surface area contributed by atoms with Gasteiger partial charge in [-0.1, -0.05) is 37.1 Å². The molecular weight excluding hydrogens is 392 g/mol. The summed E-state index contributed by atoms with van der Waals surface area (Å²) >= 11 is 0. The average molecular weight is 421 g/mol. The Bertz CT molecular complexity index is 1010. The standard InChI is InChI=1S/C24H28N4O3/c1-15-6-2-3-7-16(15)23-22-18(14-26-24(22)30)27-17-8-4-5-9-19(17)28(23)21(29)11-10-20-25-12-13-31-20/h2-3,6-7,12-13,17,19,23,27H,4-5,8-11,14H2,1H3,(H,26,30)/t17-,19-,23-/m1/s1. The lowest BCUT2D eigenvalue weighted by atomic mass is 9.86. The molecule has 1 aliphatic carbocycles. The monoisotopic (exact) mass is 420 g/mol. The Hall–Kier alpha value is -3.09. The largest absolute Gasteiger partial charge is 0.449 e. The van der Waals surface area contributed by atoms with Crippen molar-refractivity contribution < 1.29 is 14.0 Å². The van der Waals surface area contributed by atoms with Crippen LogP contribution >= 0.6 is 0 Å². The highest BCUT2D eigenvalue weighted by Crippen LogP contribution is 2.41. The molecule has 3 aliphatic rings. The summed E-state index contributed by atoms with van der Waals surface area (Å²) in [6.45, 7) is 2.55. The molecule has 1 aromatic heterocycles. The summed E-state index contributed by atoms with van der Waals surface area (Å²) in [7, 11) is 0. The van der Waals surface area contributed by atoms with E-state index in [1.54, 1.807) is 6.20 Å². The van der Waals surface area contributed by atoms with E-state index in [4.69, 9.17) is 4.42 Å². The average Bonchev–Trinajstić information content (AvgIpc) is 3.39. The van der Waals surface area contributed by atoms with Crippen molar-refractivity contribution in [3.05, 3.63) is 65.0 Å². The van der Waals surface area contributed by atoms with Crippen LogP contribution < -0.4 is 10.6 Å². The van der Waals surface area contributed by atoms with Crippen molar-refractivity contribution in [1.29, 1.82) is 0 Å². The van der Waals surface area contributed by atoms with E-state index in [1.807, 2.05) is 23.1 Å². The smallest absolute Gasteiger partial charge is 0.251 e. The van der Waals surface area contributed by atoms with Gasteiger partial charge in [-0.25, -0.2) is 4.98 Å². The van der Waals surface area contributed by atoms with Crippen LogP contribution in [-0.4, -0.2) is 40.3 Å². The van der Waals surface area contributed by atoms with Crippen LogP contribution in [0.3, 0.4) is 0 Å². The fourth-order valence-electron chi connectivity index (χ4n) is 5.33. The van der Waals surface area contributed by atoms with Crippen LogP contribution in [0.25, 0.3) is 0 Å². The van der Waals surface area contributed by atoms with Gasteiger partial charge < -0.3 is 20.0 Å². The number of carbonyl (C=O) groups is 2. The molecule has 0 unspecified atom stereocenters. The second-order valence-electron chi connectivity index (χ2n) is 8.66. The van der Waals surface area contributed by atoms with E-state index in [2.05, 4.69) is 28.6 Å². The number of fused-ring (bicyclic) bond motifs is 1. The molecular formula is C24H28N4O3. The molecule has 2 N–H and O–H groups in total. The Kier molecular flexibility index (Phi) is 5.26. The van der Waals surface area contributed by atoms with Gasteiger partial charge in [0.25, 0.3) is 5.91 Å². The molecule has 2 aromatic rings. The van der Waals surface area contributed by atoms with Crippen LogP contribution in [-0.2, 0) is 16.0 Å². The number of oxazole rings is 1. The second-order valence-corrected chi connectivity index (χ2v) is 8.66. The number of nitrogens with one attached hydrogen (secondary N) is 2. The molecule has 0 bridgehead atoms. The zero-order valence-electron chi connectivity index (χ0n) is 17.8. The Labute approximate surface area is 181 Å². The summed E-state index contributed by atoms with van der Waals surface area (Å²) in [5.74, 6) is 0.519. The summed E-state index contributed by atoms with van der Waals surface area (Å²) in [5.41, 5.74) is 3.73. The molecule has 3 atom stereocenters. The van der Waals surface area contributed by atoms with Gasteiger partial charge in [-0.05, 0) is 30.9 Å². The lowest BCUT2D eigenvalue weighted by molar-refractivity contribution is -0.137. The van der Waals surface area contributed by atoms with Gasteiger partial charge >= 0.3 is 0 Å². The topological polar surface area (TPSA) is 87.5 Å². The summed E-state index contributed by atoms with van der Waals surface area (Å²) < 4.78 is 5.35. The molecule has 1 fully saturated rings. The Morgan fingerprint density at radius 1 is 1.26 bits per heavy atom. The van der Waals surface area contributed by atoms with Crippen molar-refractivity contribution in [2.24, 2.45) is 0 Å². The molecule has 1 aromatic carbocycles. The lowest BCUT2D eigenvalue weighted by Crippen LogP contribution is -2.53. The second kappa shape index (κ2) is 8.21. The SMILES string of the molecule is Cc1ccccc1[C@@H]1C2=C(CNC2=O)N[C@@H]2CCCC[C@H]2N1C(=O)CCc1ncco1. The molecule has 1 saturated carbocycles. The molecule has 31 heavy (non-hydrogen) atoms. The third-order valence-corrected chi connectivity index (χ3v) is 6.80.